The maximum absolute atomic E-state index is 5.81. The normalized spacial score (nSPS) is 12.9. The summed E-state index contributed by atoms with van der Waals surface area (Å²) in [4.78, 5) is 4.23. The lowest BCUT2D eigenvalue weighted by Crippen LogP contribution is -2.17. The minimum atomic E-state index is 0.206. The summed E-state index contributed by atoms with van der Waals surface area (Å²) in [5.74, 6) is 0. The lowest BCUT2D eigenvalue weighted by Gasteiger charge is -2.12. The van der Waals surface area contributed by atoms with Gasteiger partial charge in [0.15, 0.2) is 0 Å². The van der Waals surface area contributed by atoms with Crippen LogP contribution in [0.5, 0.6) is 0 Å². The molecule has 1 aromatic carbocycles. The number of aromatic nitrogens is 2. The highest BCUT2D eigenvalue weighted by molar-refractivity contribution is 5.59. The molecule has 0 bridgehead atoms. The molecule has 0 aliphatic rings. The summed E-state index contributed by atoms with van der Waals surface area (Å²) in [5.41, 5.74) is 9.46. The van der Waals surface area contributed by atoms with Crippen molar-refractivity contribution in [3.05, 3.63) is 42.4 Å². The maximum Gasteiger partial charge on any atom is 0.0953 e. The van der Waals surface area contributed by atoms with Gasteiger partial charge in [0.2, 0.25) is 0 Å². The first-order valence-electron chi connectivity index (χ1n) is 6.44. The van der Waals surface area contributed by atoms with Gasteiger partial charge in [0.1, 0.15) is 0 Å². The molecule has 0 saturated carbocycles. The van der Waals surface area contributed by atoms with Gasteiger partial charge in [0.25, 0.3) is 0 Å². The number of nitrogens with two attached hydrogens (primary N) is 1. The standard InChI is InChI=1S/C15H21N3/c1-11(2)18-10-17-9-15(18)14-6-4-13(5-7-14)8-12(3)16/h4-7,9-12H,8,16H2,1-3H3. The molecule has 2 N–H and O–H groups in total. The number of imidazole rings is 1. The topological polar surface area (TPSA) is 43.8 Å². The largest absolute Gasteiger partial charge is 0.328 e. The summed E-state index contributed by atoms with van der Waals surface area (Å²) in [5, 5.41) is 0. The van der Waals surface area contributed by atoms with E-state index in [2.05, 4.69) is 47.7 Å². The zero-order chi connectivity index (χ0) is 13.1. The van der Waals surface area contributed by atoms with Crippen LogP contribution < -0.4 is 5.73 Å². The molecule has 2 rings (SSSR count). The Labute approximate surface area is 109 Å². The zero-order valence-electron chi connectivity index (χ0n) is 11.3. The summed E-state index contributed by atoms with van der Waals surface area (Å²) in [7, 11) is 0. The molecule has 3 nitrogen and oxygen atoms in total. The van der Waals surface area contributed by atoms with Crippen LogP contribution in [0.4, 0.5) is 0 Å². The second-order valence-corrected chi connectivity index (χ2v) is 5.16. The van der Waals surface area contributed by atoms with Gasteiger partial charge in [-0.1, -0.05) is 24.3 Å². The SMILES string of the molecule is CC(N)Cc1ccc(-c2cncn2C(C)C)cc1. The zero-order valence-corrected chi connectivity index (χ0v) is 11.3. The van der Waals surface area contributed by atoms with E-state index in [9.17, 15) is 0 Å². The summed E-state index contributed by atoms with van der Waals surface area (Å²) in [6.07, 6.45) is 4.72. The van der Waals surface area contributed by atoms with Crippen LogP contribution in [0, 0.1) is 0 Å². The highest BCUT2D eigenvalue weighted by atomic mass is 15.1. The highest BCUT2D eigenvalue weighted by Gasteiger charge is 2.07. The van der Waals surface area contributed by atoms with Crippen molar-refractivity contribution in [2.45, 2.75) is 39.3 Å². The van der Waals surface area contributed by atoms with Crippen molar-refractivity contribution in [1.29, 1.82) is 0 Å². The molecular formula is C15H21N3. The van der Waals surface area contributed by atoms with Gasteiger partial charge in [0, 0.05) is 12.1 Å². The molecule has 1 aromatic heterocycles. The van der Waals surface area contributed by atoms with Crippen LogP contribution in [0.25, 0.3) is 11.3 Å². The van der Waals surface area contributed by atoms with Crippen LogP contribution in [0.3, 0.4) is 0 Å². The first kappa shape index (κ1) is 12.8. The lowest BCUT2D eigenvalue weighted by molar-refractivity contribution is 0.605. The van der Waals surface area contributed by atoms with Gasteiger partial charge >= 0.3 is 0 Å². The van der Waals surface area contributed by atoms with E-state index >= 15 is 0 Å². The Hall–Kier alpha value is -1.61. The summed E-state index contributed by atoms with van der Waals surface area (Å²) in [6.45, 7) is 6.35. The predicted molar refractivity (Wildman–Crippen MR) is 75.4 cm³/mol. The van der Waals surface area contributed by atoms with Crippen molar-refractivity contribution >= 4 is 0 Å². The Kier molecular flexibility index (Phi) is 3.82. The van der Waals surface area contributed by atoms with E-state index in [0.29, 0.717) is 6.04 Å². The average Bonchev–Trinajstić information content (AvgIpc) is 2.78. The van der Waals surface area contributed by atoms with Crippen LogP contribution in [-0.4, -0.2) is 15.6 Å². The Bertz CT molecular complexity index is 495. The predicted octanol–water partition coefficient (Wildman–Crippen LogP) is 3.02. The molecule has 1 heterocycles. The molecule has 1 unspecified atom stereocenters. The summed E-state index contributed by atoms with van der Waals surface area (Å²) < 4.78 is 2.18. The first-order chi connectivity index (χ1) is 8.58. The van der Waals surface area contributed by atoms with Crippen LogP contribution in [0.15, 0.2) is 36.8 Å². The Morgan fingerprint density at radius 1 is 1.17 bits per heavy atom. The molecular weight excluding hydrogens is 222 g/mol. The average molecular weight is 243 g/mol. The van der Waals surface area contributed by atoms with E-state index in [1.54, 1.807) is 0 Å². The third kappa shape index (κ3) is 2.79. The Morgan fingerprint density at radius 2 is 1.83 bits per heavy atom. The number of rotatable bonds is 4. The van der Waals surface area contributed by atoms with Gasteiger partial charge in [0.05, 0.1) is 18.2 Å². The molecule has 0 radical (unpaired) electrons. The van der Waals surface area contributed by atoms with E-state index in [-0.39, 0.29) is 6.04 Å². The Morgan fingerprint density at radius 3 is 2.39 bits per heavy atom. The van der Waals surface area contributed by atoms with Crippen molar-refractivity contribution < 1.29 is 0 Å². The quantitative estimate of drug-likeness (QED) is 0.897. The second-order valence-electron chi connectivity index (χ2n) is 5.16. The third-order valence-corrected chi connectivity index (χ3v) is 3.03. The summed E-state index contributed by atoms with van der Waals surface area (Å²) in [6, 6.07) is 9.22. The van der Waals surface area contributed by atoms with Gasteiger partial charge in [-0.3, -0.25) is 0 Å². The molecule has 0 saturated heterocycles. The van der Waals surface area contributed by atoms with Crippen LogP contribution in [0.2, 0.25) is 0 Å². The maximum atomic E-state index is 5.81. The minimum Gasteiger partial charge on any atom is -0.328 e. The highest BCUT2D eigenvalue weighted by Crippen LogP contribution is 2.22. The van der Waals surface area contributed by atoms with Gasteiger partial charge in [-0.25, -0.2) is 4.98 Å². The van der Waals surface area contributed by atoms with Crippen molar-refractivity contribution in [2.75, 3.05) is 0 Å². The van der Waals surface area contributed by atoms with Gasteiger partial charge < -0.3 is 10.3 Å². The lowest BCUT2D eigenvalue weighted by atomic mass is 10.0. The van der Waals surface area contributed by atoms with E-state index in [0.717, 1.165) is 12.1 Å². The number of hydrogen-bond donors (Lipinski definition) is 1. The molecule has 0 fully saturated rings. The molecule has 18 heavy (non-hydrogen) atoms. The van der Waals surface area contributed by atoms with Crippen LogP contribution >= 0.6 is 0 Å². The fourth-order valence-electron chi connectivity index (χ4n) is 2.12. The van der Waals surface area contributed by atoms with Crippen LogP contribution in [0.1, 0.15) is 32.4 Å². The van der Waals surface area contributed by atoms with Gasteiger partial charge in [-0.05, 0) is 38.3 Å². The second kappa shape index (κ2) is 5.36. The molecule has 1 atom stereocenters. The number of hydrogen-bond acceptors (Lipinski definition) is 2. The minimum absolute atomic E-state index is 0.206. The molecule has 2 aromatic rings. The van der Waals surface area contributed by atoms with E-state index in [4.69, 9.17) is 5.73 Å². The van der Waals surface area contributed by atoms with Gasteiger partial charge in [-0.2, -0.15) is 0 Å². The van der Waals surface area contributed by atoms with Crippen molar-refractivity contribution in [3.8, 4) is 11.3 Å². The first-order valence-corrected chi connectivity index (χ1v) is 6.44. The van der Waals surface area contributed by atoms with Crippen molar-refractivity contribution in [3.63, 3.8) is 0 Å². The number of benzene rings is 1. The summed E-state index contributed by atoms with van der Waals surface area (Å²) >= 11 is 0. The molecule has 3 heteroatoms. The monoisotopic (exact) mass is 243 g/mol. The van der Waals surface area contributed by atoms with Crippen LogP contribution in [-0.2, 0) is 6.42 Å². The van der Waals surface area contributed by atoms with E-state index in [1.165, 1.54) is 11.1 Å². The van der Waals surface area contributed by atoms with Crippen molar-refractivity contribution in [1.82, 2.24) is 9.55 Å². The third-order valence-electron chi connectivity index (χ3n) is 3.03. The molecule has 0 aliphatic heterocycles. The molecule has 0 amide bonds. The fraction of sp³-hybridized carbons (Fsp3) is 0.400. The molecule has 96 valence electrons. The van der Waals surface area contributed by atoms with Crippen molar-refractivity contribution in [2.24, 2.45) is 5.73 Å². The Balaban J connectivity index is 2.26. The van der Waals surface area contributed by atoms with E-state index in [1.807, 2.05) is 19.4 Å². The fourth-order valence-corrected chi connectivity index (χ4v) is 2.12. The van der Waals surface area contributed by atoms with Gasteiger partial charge in [-0.15, -0.1) is 0 Å². The smallest absolute Gasteiger partial charge is 0.0953 e. The molecule has 0 spiro atoms. The molecule has 0 aliphatic carbocycles. The number of nitrogens with zero attached hydrogens (tertiary/aromatic N) is 2. The van der Waals surface area contributed by atoms with E-state index < -0.39 is 0 Å².